The van der Waals surface area contributed by atoms with Crippen molar-refractivity contribution in [1.82, 2.24) is 10.6 Å². The van der Waals surface area contributed by atoms with Gasteiger partial charge in [-0.2, -0.15) is 0 Å². The molecule has 1 aliphatic rings. The van der Waals surface area contributed by atoms with Crippen molar-refractivity contribution in [3.8, 4) is 0 Å². The predicted molar refractivity (Wildman–Crippen MR) is 79.5 cm³/mol. The largest absolute Gasteiger partial charge is 0.391 e. The third-order valence-corrected chi connectivity index (χ3v) is 3.91. The number of nitrogens with one attached hydrogen (secondary N) is 2. The van der Waals surface area contributed by atoms with E-state index in [9.17, 15) is 9.90 Å². The summed E-state index contributed by atoms with van der Waals surface area (Å²) in [5.74, 6) is 0. The van der Waals surface area contributed by atoms with Crippen LogP contribution in [0.15, 0.2) is 30.3 Å². The number of aliphatic hydroxyl groups excluding tert-OH is 1. The Bertz CT molecular complexity index is 416. The Morgan fingerprint density at radius 2 is 1.95 bits per heavy atom. The molecule has 2 unspecified atom stereocenters. The lowest BCUT2D eigenvalue weighted by Crippen LogP contribution is -2.49. The van der Waals surface area contributed by atoms with E-state index in [1.54, 1.807) is 0 Å². The van der Waals surface area contributed by atoms with Crippen LogP contribution in [0.2, 0.25) is 0 Å². The smallest absolute Gasteiger partial charge is 0.315 e. The van der Waals surface area contributed by atoms with E-state index in [1.807, 2.05) is 37.3 Å². The van der Waals surface area contributed by atoms with E-state index in [4.69, 9.17) is 0 Å². The van der Waals surface area contributed by atoms with Crippen LogP contribution >= 0.6 is 0 Å². The van der Waals surface area contributed by atoms with E-state index in [2.05, 4.69) is 10.6 Å². The number of urea groups is 1. The summed E-state index contributed by atoms with van der Waals surface area (Å²) in [7, 11) is 0. The molecule has 4 heteroatoms. The maximum atomic E-state index is 11.8. The zero-order valence-corrected chi connectivity index (χ0v) is 12.0. The minimum absolute atomic E-state index is 0.170. The second kappa shape index (κ2) is 7.29. The second-order valence-electron chi connectivity index (χ2n) is 5.64. The number of hydrogen-bond acceptors (Lipinski definition) is 2. The van der Waals surface area contributed by atoms with Gasteiger partial charge in [-0.15, -0.1) is 0 Å². The van der Waals surface area contributed by atoms with Gasteiger partial charge < -0.3 is 15.7 Å². The highest BCUT2D eigenvalue weighted by atomic mass is 16.3. The standard InChI is InChI=1S/C16H24N2O2/c1-12(15(19)11-13-7-3-2-4-8-13)17-16(20)18-14-9-5-6-10-14/h2-4,7-8,12,14-15,19H,5-6,9-11H2,1H3,(H2,17,18,20). The molecule has 0 spiro atoms. The average Bonchev–Trinajstić information content (AvgIpc) is 2.92. The maximum absolute atomic E-state index is 11.8. The first kappa shape index (κ1) is 14.9. The van der Waals surface area contributed by atoms with Crippen molar-refractivity contribution in [1.29, 1.82) is 0 Å². The molecule has 2 atom stereocenters. The first-order chi connectivity index (χ1) is 9.65. The van der Waals surface area contributed by atoms with Gasteiger partial charge in [0, 0.05) is 12.5 Å². The van der Waals surface area contributed by atoms with E-state index in [0.29, 0.717) is 12.5 Å². The van der Waals surface area contributed by atoms with Crippen LogP contribution in [0.1, 0.15) is 38.2 Å². The highest BCUT2D eigenvalue weighted by molar-refractivity contribution is 5.74. The molecule has 0 heterocycles. The highest BCUT2D eigenvalue weighted by Gasteiger charge is 2.20. The number of carbonyl (C=O) groups excluding carboxylic acids is 1. The minimum Gasteiger partial charge on any atom is -0.391 e. The van der Waals surface area contributed by atoms with Gasteiger partial charge in [0.05, 0.1) is 12.1 Å². The number of amides is 2. The van der Waals surface area contributed by atoms with Gasteiger partial charge in [-0.3, -0.25) is 0 Å². The summed E-state index contributed by atoms with van der Waals surface area (Å²) < 4.78 is 0. The topological polar surface area (TPSA) is 61.4 Å². The van der Waals surface area contributed by atoms with Gasteiger partial charge in [-0.05, 0) is 25.3 Å². The highest BCUT2D eigenvalue weighted by Crippen LogP contribution is 2.17. The summed E-state index contributed by atoms with van der Waals surface area (Å²) >= 11 is 0. The Kier molecular flexibility index (Phi) is 5.41. The molecule has 4 nitrogen and oxygen atoms in total. The first-order valence-electron chi connectivity index (χ1n) is 7.44. The lowest BCUT2D eigenvalue weighted by molar-refractivity contribution is 0.135. The van der Waals surface area contributed by atoms with Gasteiger partial charge >= 0.3 is 6.03 Å². The Balaban J connectivity index is 1.75. The molecule has 2 rings (SSSR count). The monoisotopic (exact) mass is 276 g/mol. The van der Waals surface area contributed by atoms with Crippen LogP contribution in [0.3, 0.4) is 0 Å². The molecule has 20 heavy (non-hydrogen) atoms. The summed E-state index contributed by atoms with van der Waals surface area (Å²) in [6.45, 7) is 1.84. The third-order valence-electron chi connectivity index (χ3n) is 3.91. The van der Waals surface area contributed by atoms with Crippen molar-refractivity contribution in [2.45, 2.75) is 57.2 Å². The molecule has 0 saturated heterocycles. The van der Waals surface area contributed by atoms with Gasteiger partial charge in [0.1, 0.15) is 0 Å². The number of benzene rings is 1. The maximum Gasteiger partial charge on any atom is 0.315 e. The van der Waals surface area contributed by atoms with E-state index in [-0.39, 0.29) is 12.1 Å². The van der Waals surface area contributed by atoms with E-state index in [0.717, 1.165) is 18.4 Å². The molecular weight excluding hydrogens is 252 g/mol. The molecule has 1 aromatic carbocycles. The second-order valence-corrected chi connectivity index (χ2v) is 5.64. The zero-order valence-electron chi connectivity index (χ0n) is 12.0. The molecule has 1 aliphatic carbocycles. The van der Waals surface area contributed by atoms with Crippen molar-refractivity contribution >= 4 is 6.03 Å². The van der Waals surface area contributed by atoms with Crippen molar-refractivity contribution in [3.05, 3.63) is 35.9 Å². The summed E-state index contributed by atoms with van der Waals surface area (Å²) in [6, 6.07) is 9.68. The van der Waals surface area contributed by atoms with Crippen molar-refractivity contribution in [3.63, 3.8) is 0 Å². The summed E-state index contributed by atoms with van der Waals surface area (Å²) in [5, 5.41) is 15.9. The molecule has 110 valence electrons. The molecule has 0 radical (unpaired) electrons. The molecule has 0 aliphatic heterocycles. The van der Waals surface area contributed by atoms with Crippen LogP contribution in [0.25, 0.3) is 0 Å². The fourth-order valence-corrected chi connectivity index (χ4v) is 2.63. The zero-order chi connectivity index (χ0) is 14.4. The molecule has 1 fully saturated rings. The van der Waals surface area contributed by atoms with Gasteiger partial charge in [-0.1, -0.05) is 43.2 Å². The fraction of sp³-hybridized carbons (Fsp3) is 0.562. The lowest BCUT2D eigenvalue weighted by atomic mass is 10.0. The number of aliphatic hydroxyl groups is 1. The van der Waals surface area contributed by atoms with Gasteiger partial charge in [0.25, 0.3) is 0 Å². The van der Waals surface area contributed by atoms with Crippen molar-refractivity contribution in [2.75, 3.05) is 0 Å². The molecule has 2 amide bonds. The first-order valence-corrected chi connectivity index (χ1v) is 7.44. The van der Waals surface area contributed by atoms with Crippen molar-refractivity contribution in [2.24, 2.45) is 0 Å². The van der Waals surface area contributed by atoms with E-state index in [1.165, 1.54) is 12.8 Å². The Morgan fingerprint density at radius 3 is 2.60 bits per heavy atom. The Labute approximate surface area is 120 Å². The van der Waals surface area contributed by atoms with Gasteiger partial charge in [-0.25, -0.2) is 4.79 Å². The van der Waals surface area contributed by atoms with Crippen molar-refractivity contribution < 1.29 is 9.90 Å². The van der Waals surface area contributed by atoms with Crippen LogP contribution in [0, 0.1) is 0 Å². The minimum atomic E-state index is -0.577. The number of hydrogen-bond donors (Lipinski definition) is 3. The average molecular weight is 276 g/mol. The quantitative estimate of drug-likeness (QED) is 0.772. The van der Waals surface area contributed by atoms with Crippen LogP contribution < -0.4 is 10.6 Å². The summed E-state index contributed by atoms with van der Waals surface area (Å²) in [6.07, 6.45) is 4.48. The van der Waals surface area contributed by atoms with Crippen LogP contribution in [0.4, 0.5) is 4.79 Å². The number of rotatable bonds is 5. The molecule has 3 N–H and O–H groups in total. The predicted octanol–water partition coefficient (Wildman–Crippen LogP) is 2.22. The van der Waals surface area contributed by atoms with Gasteiger partial charge in [0.15, 0.2) is 0 Å². The Hall–Kier alpha value is -1.55. The Morgan fingerprint density at radius 1 is 1.30 bits per heavy atom. The van der Waals surface area contributed by atoms with Crippen LogP contribution in [-0.4, -0.2) is 29.3 Å². The SMILES string of the molecule is CC(NC(=O)NC1CCCC1)C(O)Cc1ccccc1. The molecule has 1 saturated carbocycles. The number of carbonyl (C=O) groups is 1. The summed E-state index contributed by atoms with van der Waals surface area (Å²) in [4.78, 5) is 11.8. The fourth-order valence-electron chi connectivity index (χ4n) is 2.63. The van der Waals surface area contributed by atoms with E-state index < -0.39 is 6.10 Å². The lowest BCUT2D eigenvalue weighted by Gasteiger charge is -2.22. The third kappa shape index (κ3) is 4.53. The molecular formula is C16H24N2O2. The van der Waals surface area contributed by atoms with Crippen LogP contribution in [-0.2, 0) is 6.42 Å². The van der Waals surface area contributed by atoms with Crippen LogP contribution in [0.5, 0.6) is 0 Å². The molecule has 0 aromatic heterocycles. The van der Waals surface area contributed by atoms with Gasteiger partial charge in [0.2, 0.25) is 0 Å². The normalized spacial score (nSPS) is 18.5. The molecule has 0 bridgehead atoms. The summed E-state index contributed by atoms with van der Waals surface area (Å²) in [5.41, 5.74) is 1.07. The molecule has 1 aromatic rings. The van der Waals surface area contributed by atoms with E-state index >= 15 is 0 Å².